The first kappa shape index (κ1) is 16.0. The second-order valence-corrected chi connectivity index (χ2v) is 6.65. The highest BCUT2D eigenvalue weighted by Crippen LogP contribution is 2.34. The summed E-state index contributed by atoms with van der Waals surface area (Å²) in [6.45, 7) is 2.49. The lowest BCUT2D eigenvalue weighted by atomic mass is 10.0. The number of nitrogens with zero attached hydrogens (tertiary/aromatic N) is 3. The molecule has 1 amide bonds. The number of amides is 1. The fourth-order valence-corrected chi connectivity index (χ4v) is 3.47. The first-order valence-electron chi connectivity index (χ1n) is 8.12. The Labute approximate surface area is 148 Å². The van der Waals surface area contributed by atoms with Crippen LogP contribution >= 0.6 is 11.6 Å². The number of rotatable bonds is 2. The summed E-state index contributed by atoms with van der Waals surface area (Å²) in [6.07, 6.45) is 1.66. The lowest BCUT2D eigenvalue weighted by Gasteiger charge is -2.25. The Morgan fingerprint density at radius 3 is 3.00 bits per heavy atom. The number of H-pyrrole nitrogens is 1. The van der Waals surface area contributed by atoms with Gasteiger partial charge in [-0.25, -0.2) is 9.37 Å². The number of carbonyl (C=O) groups is 1. The van der Waals surface area contributed by atoms with E-state index in [1.54, 1.807) is 23.1 Å². The molecule has 0 bridgehead atoms. The Morgan fingerprint density at radius 1 is 1.36 bits per heavy atom. The average Bonchev–Trinajstić information content (AvgIpc) is 3.24. The third-order valence-corrected chi connectivity index (χ3v) is 4.94. The molecular weight excluding hydrogens is 343 g/mol. The molecule has 128 valence electrons. The van der Waals surface area contributed by atoms with Gasteiger partial charge in [0, 0.05) is 6.54 Å². The van der Waals surface area contributed by atoms with Crippen LogP contribution in [0, 0.1) is 12.7 Å². The average molecular weight is 359 g/mol. The van der Waals surface area contributed by atoms with Crippen molar-refractivity contribution in [3.8, 4) is 0 Å². The molecule has 5 nitrogen and oxygen atoms in total. The highest BCUT2D eigenvalue weighted by atomic mass is 35.5. The summed E-state index contributed by atoms with van der Waals surface area (Å²) in [5.74, 6) is -0.618. The fraction of sp³-hybridized carbons (Fsp3) is 0.278. The summed E-state index contributed by atoms with van der Waals surface area (Å²) in [4.78, 5) is 19.2. The molecule has 1 N–H and O–H groups in total. The molecule has 1 atom stereocenters. The Morgan fingerprint density at radius 2 is 2.20 bits per heavy atom. The van der Waals surface area contributed by atoms with E-state index in [0.717, 1.165) is 29.6 Å². The van der Waals surface area contributed by atoms with Gasteiger partial charge < -0.3 is 4.90 Å². The number of fused-ring (bicyclic) bond motifs is 1. The van der Waals surface area contributed by atoms with Crippen molar-refractivity contribution in [2.24, 2.45) is 0 Å². The molecule has 3 aromatic rings. The molecule has 1 aromatic carbocycles. The second kappa shape index (κ2) is 6.11. The minimum absolute atomic E-state index is 0.0853. The standard InChI is InChI=1S/C18H16ClFN4O/c1-10-17-14(23-22-10)6-7-15(21-17)18(25)24-8-2-3-16(24)11-4-5-12(19)13(20)9-11/h4-7,9,16H,2-3,8H2,1H3,(H,22,23). The molecule has 1 unspecified atom stereocenters. The first-order chi connectivity index (χ1) is 12.0. The SMILES string of the molecule is Cc1[nH]nc2ccc(C(=O)N3CCCC3c3ccc(Cl)c(F)c3)nc12. The van der Waals surface area contributed by atoms with Crippen molar-refractivity contribution in [2.45, 2.75) is 25.8 Å². The maximum atomic E-state index is 13.8. The number of likely N-dealkylation sites (tertiary alicyclic amines) is 1. The number of carbonyl (C=O) groups excluding carboxylic acids is 1. The molecule has 1 aliphatic rings. The molecular formula is C18H16ClFN4O. The van der Waals surface area contributed by atoms with E-state index in [1.807, 2.05) is 6.92 Å². The van der Waals surface area contributed by atoms with E-state index in [-0.39, 0.29) is 17.0 Å². The molecule has 0 spiro atoms. The molecule has 1 fully saturated rings. The van der Waals surface area contributed by atoms with Crippen LogP contribution in [0.2, 0.25) is 5.02 Å². The topological polar surface area (TPSA) is 61.9 Å². The Balaban J connectivity index is 1.67. The van der Waals surface area contributed by atoms with Crippen LogP contribution in [0.4, 0.5) is 4.39 Å². The van der Waals surface area contributed by atoms with Crippen molar-refractivity contribution in [1.29, 1.82) is 0 Å². The molecule has 2 aromatic heterocycles. The normalized spacial score (nSPS) is 17.4. The van der Waals surface area contributed by atoms with Crippen molar-refractivity contribution >= 4 is 28.5 Å². The van der Waals surface area contributed by atoms with Gasteiger partial charge in [0.15, 0.2) is 0 Å². The molecule has 1 aliphatic heterocycles. The third-order valence-electron chi connectivity index (χ3n) is 4.63. The largest absolute Gasteiger partial charge is 0.330 e. The van der Waals surface area contributed by atoms with E-state index in [1.165, 1.54) is 12.1 Å². The van der Waals surface area contributed by atoms with Gasteiger partial charge in [0.05, 0.1) is 16.8 Å². The summed E-state index contributed by atoms with van der Waals surface area (Å²) in [6, 6.07) is 8.03. The molecule has 0 radical (unpaired) electrons. The molecule has 4 rings (SSSR count). The summed E-state index contributed by atoms with van der Waals surface area (Å²) in [5, 5.41) is 7.08. The van der Waals surface area contributed by atoms with Crippen molar-refractivity contribution in [3.05, 3.63) is 58.1 Å². The van der Waals surface area contributed by atoms with Crippen molar-refractivity contribution < 1.29 is 9.18 Å². The highest BCUT2D eigenvalue weighted by molar-refractivity contribution is 6.30. The third kappa shape index (κ3) is 2.76. The van der Waals surface area contributed by atoms with Crippen LogP contribution in [0.3, 0.4) is 0 Å². The summed E-state index contributed by atoms with van der Waals surface area (Å²) in [7, 11) is 0. The summed E-state index contributed by atoms with van der Waals surface area (Å²) < 4.78 is 13.8. The van der Waals surface area contributed by atoms with E-state index < -0.39 is 5.82 Å². The van der Waals surface area contributed by atoms with Crippen LogP contribution in [-0.4, -0.2) is 32.5 Å². The molecule has 0 aliphatic carbocycles. The number of pyridine rings is 1. The molecule has 0 saturated carbocycles. The predicted molar refractivity (Wildman–Crippen MR) is 93.0 cm³/mol. The minimum atomic E-state index is -0.466. The van der Waals surface area contributed by atoms with E-state index in [4.69, 9.17) is 11.6 Å². The number of aromatic amines is 1. The van der Waals surface area contributed by atoms with E-state index >= 15 is 0 Å². The van der Waals surface area contributed by atoms with E-state index in [2.05, 4.69) is 15.2 Å². The van der Waals surface area contributed by atoms with Gasteiger partial charge in [0.2, 0.25) is 0 Å². The van der Waals surface area contributed by atoms with Gasteiger partial charge in [0.1, 0.15) is 22.5 Å². The molecule has 25 heavy (non-hydrogen) atoms. The minimum Gasteiger partial charge on any atom is -0.330 e. The number of hydrogen-bond acceptors (Lipinski definition) is 3. The highest BCUT2D eigenvalue weighted by Gasteiger charge is 2.31. The number of aromatic nitrogens is 3. The van der Waals surface area contributed by atoms with Gasteiger partial charge in [0.25, 0.3) is 5.91 Å². The molecule has 1 saturated heterocycles. The predicted octanol–water partition coefficient (Wildman–Crippen LogP) is 4.04. The summed E-state index contributed by atoms with van der Waals surface area (Å²) in [5.41, 5.74) is 3.37. The van der Waals surface area contributed by atoms with Gasteiger partial charge >= 0.3 is 0 Å². The van der Waals surface area contributed by atoms with Crippen LogP contribution in [0.25, 0.3) is 11.0 Å². The first-order valence-corrected chi connectivity index (χ1v) is 8.50. The van der Waals surface area contributed by atoms with Crippen LogP contribution in [0.15, 0.2) is 30.3 Å². The van der Waals surface area contributed by atoms with Crippen LogP contribution in [0.5, 0.6) is 0 Å². The van der Waals surface area contributed by atoms with E-state index in [0.29, 0.717) is 17.8 Å². The zero-order valence-corrected chi connectivity index (χ0v) is 14.3. The van der Waals surface area contributed by atoms with Crippen molar-refractivity contribution in [1.82, 2.24) is 20.1 Å². The van der Waals surface area contributed by atoms with Gasteiger partial charge in [-0.2, -0.15) is 5.10 Å². The Kier molecular flexibility index (Phi) is 3.92. The Hall–Kier alpha value is -2.47. The van der Waals surface area contributed by atoms with Crippen molar-refractivity contribution in [2.75, 3.05) is 6.54 Å². The molecule has 7 heteroatoms. The number of aryl methyl sites for hydroxylation is 1. The van der Waals surface area contributed by atoms with Crippen LogP contribution < -0.4 is 0 Å². The van der Waals surface area contributed by atoms with Gasteiger partial charge in [-0.15, -0.1) is 0 Å². The van der Waals surface area contributed by atoms with Crippen LogP contribution in [-0.2, 0) is 0 Å². The fourth-order valence-electron chi connectivity index (χ4n) is 3.36. The lowest BCUT2D eigenvalue weighted by Crippen LogP contribution is -2.31. The zero-order chi connectivity index (χ0) is 17.6. The quantitative estimate of drug-likeness (QED) is 0.752. The van der Waals surface area contributed by atoms with Gasteiger partial charge in [-0.05, 0) is 49.6 Å². The second-order valence-electron chi connectivity index (χ2n) is 6.24. The number of nitrogens with one attached hydrogen (secondary N) is 1. The zero-order valence-electron chi connectivity index (χ0n) is 13.6. The maximum absolute atomic E-state index is 13.8. The van der Waals surface area contributed by atoms with Gasteiger partial charge in [-0.1, -0.05) is 17.7 Å². The van der Waals surface area contributed by atoms with Gasteiger partial charge in [-0.3, -0.25) is 9.89 Å². The number of hydrogen-bond donors (Lipinski definition) is 1. The number of benzene rings is 1. The van der Waals surface area contributed by atoms with E-state index in [9.17, 15) is 9.18 Å². The number of halogens is 2. The monoisotopic (exact) mass is 358 g/mol. The smallest absolute Gasteiger partial charge is 0.272 e. The maximum Gasteiger partial charge on any atom is 0.272 e. The summed E-state index contributed by atoms with van der Waals surface area (Å²) >= 11 is 5.77. The van der Waals surface area contributed by atoms with Crippen LogP contribution in [0.1, 0.15) is 40.6 Å². The van der Waals surface area contributed by atoms with Crippen molar-refractivity contribution in [3.63, 3.8) is 0 Å². The lowest BCUT2D eigenvalue weighted by molar-refractivity contribution is 0.0730. The molecule has 3 heterocycles. The Bertz CT molecular complexity index is 971.